The van der Waals surface area contributed by atoms with Crippen molar-refractivity contribution in [1.82, 2.24) is 4.72 Å². The number of aryl methyl sites for hydroxylation is 1. The van der Waals surface area contributed by atoms with Crippen LogP contribution in [0.4, 0.5) is 0 Å². The molecule has 1 N–H and O–H groups in total. The second kappa shape index (κ2) is 5.79. The molecule has 0 spiro atoms. The fourth-order valence-electron chi connectivity index (χ4n) is 3.18. The summed E-state index contributed by atoms with van der Waals surface area (Å²) in [5.41, 5.74) is 3.70. The molecular formula is C18H19NO4S. The van der Waals surface area contributed by atoms with Gasteiger partial charge in [0.2, 0.25) is 10.0 Å². The van der Waals surface area contributed by atoms with Crippen molar-refractivity contribution in [2.75, 3.05) is 13.2 Å². The number of fused-ring (bicyclic) bond motifs is 2. The molecule has 126 valence electrons. The average Bonchev–Trinajstić information content (AvgIpc) is 3.20. The van der Waals surface area contributed by atoms with Crippen LogP contribution in [-0.4, -0.2) is 21.6 Å². The van der Waals surface area contributed by atoms with Crippen LogP contribution in [0.3, 0.4) is 0 Å². The molecule has 0 atom stereocenters. The van der Waals surface area contributed by atoms with Gasteiger partial charge in [-0.15, -0.1) is 0 Å². The monoisotopic (exact) mass is 345 g/mol. The van der Waals surface area contributed by atoms with Gasteiger partial charge in [-0.1, -0.05) is 29.8 Å². The van der Waals surface area contributed by atoms with Gasteiger partial charge in [0.1, 0.15) is 16.4 Å². The zero-order valence-corrected chi connectivity index (χ0v) is 14.3. The van der Waals surface area contributed by atoms with Crippen LogP contribution >= 0.6 is 0 Å². The zero-order valence-electron chi connectivity index (χ0n) is 13.5. The van der Waals surface area contributed by atoms with E-state index in [1.165, 1.54) is 0 Å². The smallest absolute Gasteiger partial charge is 0.244 e. The fraction of sp³-hybridized carbons (Fsp3) is 0.333. The molecule has 4 rings (SSSR count). The van der Waals surface area contributed by atoms with E-state index in [1.54, 1.807) is 0 Å². The van der Waals surface area contributed by atoms with Crippen molar-refractivity contribution >= 4 is 10.0 Å². The molecule has 0 aliphatic carbocycles. The van der Waals surface area contributed by atoms with Gasteiger partial charge < -0.3 is 9.47 Å². The lowest BCUT2D eigenvalue weighted by Gasteiger charge is -2.14. The summed E-state index contributed by atoms with van der Waals surface area (Å²) in [6.07, 6.45) is 1.30. The SMILES string of the molecule is Cc1ccc(CNS(=O)(=O)c2c3c(cc4c2OCC4)OCC3)cc1. The lowest BCUT2D eigenvalue weighted by molar-refractivity contribution is 0.347. The van der Waals surface area contributed by atoms with Gasteiger partial charge in [0, 0.05) is 30.5 Å². The van der Waals surface area contributed by atoms with Crippen LogP contribution in [0, 0.1) is 6.92 Å². The number of rotatable bonds is 4. The van der Waals surface area contributed by atoms with E-state index in [4.69, 9.17) is 9.47 Å². The molecule has 0 aromatic heterocycles. The summed E-state index contributed by atoms with van der Waals surface area (Å²) in [5, 5.41) is 0. The molecule has 2 heterocycles. The average molecular weight is 345 g/mol. The van der Waals surface area contributed by atoms with E-state index in [9.17, 15) is 8.42 Å². The summed E-state index contributed by atoms with van der Waals surface area (Å²) in [7, 11) is -3.67. The van der Waals surface area contributed by atoms with Crippen molar-refractivity contribution in [3.05, 3.63) is 52.6 Å². The Labute approximate surface area is 141 Å². The highest BCUT2D eigenvalue weighted by Crippen LogP contribution is 2.43. The number of benzene rings is 2. The van der Waals surface area contributed by atoms with Gasteiger partial charge in [-0.3, -0.25) is 0 Å². The standard InChI is InChI=1S/C18H19NO4S/c1-12-2-4-13(5-3-12)11-19-24(20,21)18-15-7-9-22-16(15)10-14-6-8-23-17(14)18/h2-5,10,19H,6-9,11H2,1H3. The van der Waals surface area contributed by atoms with Crippen LogP contribution in [0.25, 0.3) is 0 Å². The summed E-state index contributed by atoms with van der Waals surface area (Å²) in [4.78, 5) is 0.261. The predicted octanol–water partition coefficient (Wildman–Crippen LogP) is 2.34. The van der Waals surface area contributed by atoms with E-state index >= 15 is 0 Å². The Morgan fingerprint density at radius 3 is 2.62 bits per heavy atom. The van der Waals surface area contributed by atoms with Gasteiger partial charge in [0.15, 0.2) is 0 Å². The van der Waals surface area contributed by atoms with Gasteiger partial charge in [-0.05, 0) is 18.6 Å². The molecule has 5 nitrogen and oxygen atoms in total. The summed E-state index contributed by atoms with van der Waals surface area (Å²) < 4.78 is 39.8. The number of nitrogens with one attached hydrogen (secondary N) is 1. The van der Waals surface area contributed by atoms with Crippen LogP contribution < -0.4 is 14.2 Å². The Balaban J connectivity index is 1.68. The maximum absolute atomic E-state index is 12.9. The molecule has 6 heteroatoms. The second-order valence-corrected chi connectivity index (χ2v) is 7.88. The summed E-state index contributed by atoms with van der Waals surface area (Å²) in [6, 6.07) is 9.72. The van der Waals surface area contributed by atoms with Crippen molar-refractivity contribution in [2.24, 2.45) is 0 Å². The van der Waals surface area contributed by atoms with Crippen LogP contribution in [0.5, 0.6) is 11.5 Å². The Morgan fingerprint density at radius 1 is 1.08 bits per heavy atom. The Kier molecular flexibility index (Phi) is 3.73. The molecule has 24 heavy (non-hydrogen) atoms. The molecule has 2 aromatic carbocycles. The lowest BCUT2D eigenvalue weighted by atomic mass is 10.1. The zero-order chi connectivity index (χ0) is 16.7. The lowest BCUT2D eigenvalue weighted by Crippen LogP contribution is -2.24. The second-order valence-electron chi connectivity index (χ2n) is 6.18. The third-order valence-corrected chi connectivity index (χ3v) is 5.95. The van der Waals surface area contributed by atoms with Crippen molar-refractivity contribution in [3.63, 3.8) is 0 Å². The van der Waals surface area contributed by atoms with Gasteiger partial charge >= 0.3 is 0 Å². The number of sulfonamides is 1. The summed E-state index contributed by atoms with van der Waals surface area (Å²) in [5.74, 6) is 1.17. The van der Waals surface area contributed by atoms with Crippen LogP contribution in [-0.2, 0) is 29.4 Å². The Hall–Kier alpha value is -2.05. The Bertz CT molecular complexity index is 856. The third-order valence-electron chi connectivity index (χ3n) is 4.46. The molecule has 0 unspecified atom stereocenters. The third kappa shape index (κ3) is 2.65. The van der Waals surface area contributed by atoms with Crippen LogP contribution in [0.2, 0.25) is 0 Å². The fourth-order valence-corrected chi connectivity index (χ4v) is 4.64. The molecule has 0 bridgehead atoms. The van der Waals surface area contributed by atoms with E-state index in [0.29, 0.717) is 37.6 Å². The molecule has 0 saturated carbocycles. The minimum Gasteiger partial charge on any atom is -0.493 e. The van der Waals surface area contributed by atoms with Crippen molar-refractivity contribution in [1.29, 1.82) is 0 Å². The molecule has 0 radical (unpaired) electrons. The molecule has 0 amide bonds. The van der Waals surface area contributed by atoms with Crippen LogP contribution in [0.15, 0.2) is 35.2 Å². The normalized spacial score (nSPS) is 15.5. The predicted molar refractivity (Wildman–Crippen MR) is 90.0 cm³/mol. The highest BCUT2D eigenvalue weighted by Gasteiger charge is 2.33. The largest absolute Gasteiger partial charge is 0.493 e. The molecule has 2 aliphatic rings. The van der Waals surface area contributed by atoms with Gasteiger partial charge in [-0.25, -0.2) is 13.1 Å². The Morgan fingerprint density at radius 2 is 1.83 bits per heavy atom. The van der Waals surface area contributed by atoms with Crippen LogP contribution in [0.1, 0.15) is 22.3 Å². The number of hydrogen-bond donors (Lipinski definition) is 1. The highest BCUT2D eigenvalue weighted by molar-refractivity contribution is 7.89. The van der Waals surface area contributed by atoms with Crippen molar-refractivity contribution < 1.29 is 17.9 Å². The molecule has 0 fully saturated rings. The van der Waals surface area contributed by atoms with Gasteiger partial charge in [-0.2, -0.15) is 0 Å². The van der Waals surface area contributed by atoms with E-state index < -0.39 is 10.0 Å². The number of ether oxygens (including phenoxy) is 2. The van der Waals surface area contributed by atoms with E-state index in [-0.39, 0.29) is 11.4 Å². The first-order valence-electron chi connectivity index (χ1n) is 8.04. The maximum atomic E-state index is 12.9. The highest BCUT2D eigenvalue weighted by atomic mass is 32.2. The maximum Gasteiger partial charge on any atom is 0.244 e. The van der Waals surface area contributed by atoms with E-state index in [1.807, 2.05) is 37.3 Å². The summed E-state index contributed by atoms with van der Waals surface area (Å²) in [6.45, 7) is 3.28. The first kappa shape index (κ1) is 15.5. The first-order chi connectivity index (χ1) is 11.5. The molecule has 2 aliphatic heterocycles. The first-order valence-corrected chi connectivity index (χ1v) is 9.52. The number of hydrogen-bond acceptors (Lipinski definition) is 4. The van der Waals surface area contributed by atoms with Crippen molar-refractivity contribution in [2.45, 2.75) is 31.2 Å². The minimum atomic E-state index is -3.67. The molecule has 0 saturated heterocycles. The molecular weight excluding hydrogens is 326 g/mol. The summed E-state index contributed by atoms with van der Waals surface area (Å²) >= 11 is 0. The van der Waals surface area contributed by atoms with Crippen molar-refractivity contribution in [3.8, 4) is 11.5 Å². The quantitative estimate of drug-likeness (QED) is 0.924. The topological polar surface area (TPSA) is 64.6 Å². The van der Waals surface area contributed by atoms with Gasteiger partial charge in [0.25, 0.3) is 0 Å². The van der Waals surface area contributed by atoms with E-state index in [0.717, 1.165) is 22.3 Å². The van der Waals surface area contributed by atoms with E-state index in [2.05, 4.69) is 4.72 Å². The minimum absolute atomic E-state index is 0.252. The molecule has 2 aromatic rings. The van der Waals surface area contributed by atoms with Gasteiger partial charge in [0.05, 0.1) is 13.2 Å².